The van der Waals surface area contributed by atoms with Crippen LogP contribution in [0.5, 0.6) is 6.01 Å². The molecule has 0 radical (unpaired) electrons. The van der Waals surface area contributed by atoms with Gasteiger partial charge in [0.25, 0.3) is 5.91 Å². The first kappa shape index (κ1) is 22.2. The number of likely N-dealkylation sites (tertiary alicyclic amines) is 1. The lowest BCUT2D eigenvalue weighted by molar-refractivity contribution is -0.138. The topological polar surface area (TPSA) is 94.0 Å². The van der Waals surface area contributed by atoms with Crippen LogP contribution in [0.3, 0.4) is 0 Å². The second-order valence-electron chi connectivity index (χ2n) is 8.59. The fourth-order valence-corrected chi connectivity index (χ4v) is 4.29. The van der Waals surface area contributed by atoms with Gasteiger partial charge >= 0.3 is 12.2 Å². The lowest BCUT2D eigenvalue weighted by Crippen LogP contribution is -2.48. The highest BCUT2D eigenvalue weighted by atomic mass is 19.4. The Balaban J connectivity index is 1.37. The molecule has 5 rings (SSSR count). The Morgan fingerprint density at radius 1 is 1.09 bits per heavy atom. The van der Waals surface area contributed by atoms with Gasteiger partial charge in [0.05, 0.1) is 17.2 Å². The number of ether oxygens (including phenoxy) is 1. The summed E-state index contributed by atoms with van der Waals surface area (Å²) in [5.74, 6) is 1.10. The van der Waals surface area contributed by atoms with E-state index in [4.69, 9.17) is 4.74 Å². The molecule has 0 aromatic carbocycles. The van der Waals surface area contributed by atoms with Gasteiger partial charge < -0.3 is 9.64 Å². The fourth-order valence-electron chi connectivity index (χ4n) is 4.29. The van der Waals surface area contributed by atoms with Crippen molar-refractivity contribution in [2.75, 3.05) is 13.2 Å². The number of hydrogen-bond donors (Lipinski definition) is 0. The van der Waals surface area contributed by atoms with Gasteiger partial charge in [-0.3, -0.25) is 4.79 Å². The van der Waals surface area contributed by atoms with Crippen LogP contribution >= 0.6 is 0 Å². The van der Waals surface area contributed by atoms with Crippen molar-refractivity contribution in [2.24, 2.45) is 11.8 Å². The molecule has 1 amide bonds. The molecule has 0 bridgehead atoms. The first-order valence-electron chi connectivity index (χ1n) is 10.9. The van der Waals surface area contributed by atoms with Crippen molar-refractivity contribution in [3.63, 3.8) is 0 Å². The molecule has 3 atom stereocenters. The SMILES string of the molecule is Cc1ccc(-c2ncccn2)c(C(=O)N2CC3CC3CC2COc2ncc(C(F)(F)F)cn2)n1. The Morgan fingerprint density at radius 2 is 1.82 bits per heavy atom. The van der Waals surface area contributed by atoms with Crippen LogP contribution in [0.2, 0.25) is 0 Å². The number of piperidine rings is 1. The summed E-state index contributed by atoms with van der Waals surface area (Å²) >= 11 is 0. The third-order valence-corrected chi connectivity index (χ3v) is 6.18. The summed E-state index contributed by atoms with van der Waals surface area (Å²) in [4.78, 5) is 35.8. The number of aryl methyl sites for hydroxylation is 1. The van der Waals surface area contributed by atoms with Crippen LogP contribution < -0.4 is 4.74 Å². The van der Waals surface area contributed by atoms with Crippen LogP contribution in [0.25, 0.3) is 11.4 Å². The van der Waals surface area contributed by atoms with Gasteiger partial charge in [0.1, 0.15) is 12.3 Å². The molecule has 0 N–H and O–H groups in total. The Bertz CT molecular complexity index is 1190. The molecule has 34 heavy (non-hydrogen) atoms. The van der Waals surface area contributed by atoms with Gasteiger partial charge in [0, 0.05) is 37.0 Å². The second kappa shape index (κ2) is 8.62. The first-order chi connectivity index (χ1) is 16.3. The predicted octanol–water partition coefficient (Wildman–Crippen LogP) is 3.59. The Morgan fingerprint density at radius 3 is 2.53 bits per heavy atom. The van der Waals surface area contributed by atoms with E-state index < -0.39 is 11.7 Å². The number of rotatable bonds is 5. The van der Waals surface area contributed by atoms with Crippen LogP contribution in [0.15, 0.2) is 43.0 Å². The summed E-state index contributed by atoms with van der Waals surface area (Å²) in [5, 5.41) is 0. The molecular weight excluding hydrogens is 449 g/mol. The van der Waals surface area contributed by atoms with Crippen molar-refractivity contribution in [3.05, 3.63) is 59.9 Å². The van der Waals surface area contributed by atoms with Gasteiger partial charge in [-0.25, -0.2) is 24.9 Å². The van der Waals surface area contributed by atoms with Crippen LogP contribution in [-0.2, 0) is 6.18 Å². The number of halogens is 3. The largest absolute Gasteiger partial charge is 0.461 e. The molecule has 8 nitrogen and oxygen atoms in total. The Kier molecular flexibility index (Phi) is 5.62. The quantitative estimate of drug-likeness (QED) is 0.563. The first-order valence-corrected chi connectivity index (χ1v) is 10.9. The van der Waals surface area contributed by atoms with E-state index in [1.807, 2.05) is 6.92 Å². The molecule has 3 unspecified atom stereocenters. The second-order valence-corrected chi connectivity index (χ2v) is 8.59. The monoisotopic (exact) mass is 470 g/mol. The minimum Gasteiger partial charge on any atom is -0.461 e. The van der Waals surface area contributed by atoms with Gasteiger partial charge in [0.15, 0.2) is 5.82 Å². The van der Waals surface area contributed by atoms with E-state index in [9.17, 15) is 18.0 Å². The predicted molar refractivity (Wildman–Crippen MR) is 114 cm³/mol. The molecule has 1 saturated carbocycles. The highest BCUT2D eigenvalue weighted by molar-refractivity contribution is 5.98. The summed E-state index contributed by atoms with van der Waals surface area (Å²) in [6.45, 7) is 2.45. The van der Waals surface area contributed by atoms with E-state index in [0.29, 0.717) is 47.9 Å². The van der Waals surface area contributed by atoms with E-state index in [0.717, 1.165) is 12.8 Å². The molecule has 2 aliphatic rings. The molecule has 1 aliphatic carbocycles. The third-order valence-electron chi connectivity index (χ3n) is 6.18. The highest BCUT2D eigenvalue weighted by Crippen LogP contribution is 2.47. The maximum atomic E-state index is 13.7. The zero-order valence-electron chi connectivity index (χ0n) is 18.2. The molecular formula is C23H21F3N6O2. The smallest absolute Gasteiger partial charge is 0.419 e. The molecule has 2 fully saturated rings. The van der Waals surface area contributed by atoms with Gasteiger partial charge in [-0.05, 0) is 49.8 Å². The number of amides is 1. The number of aromatic nitrogens is 5. The molecule has 0 spiro atoms. The van der Waals surface area contributed by atoms with Crippen molar-refractivity contribution in [1.29, 1.82) is 0 Å². The average molecular weight is 470 g/mol. The molecule has 1 aliphatic heterocycles. The summed E-state index contributed by atoms with van der Waals surface area (Å²) in [5.41, 5.74) is 0.549. The zero-order chi connectivity index (χ0) is 23.9. The molecule has 3 aromatic heterocycles. The summed E-state index contributed by atoms with van der Waals surface area (Å²) in [6.07, 6.45) is 1.83. The van der Waals surface area contributed by atoms with E-state index >= 15 is 0 Å². The van der Waals surface area contributed by atoms with E-state index in [-0.39, 0.29) is 30.3 Å². The maximum absolute atomic E-state index is 13.7. The number of pyridine rings is 1. The van der Waals surface area contributed by atoms with Gasteiger partial charge in [0.2, 0.25) is 0 Å². The summed E-state index contributed by atoms with van der Waals surface area (Å²) < 4.78 is 43.9. The highest BCUT2D eigenvalue weighted by Gasteiger charge is 2.48. The van der Waals surface area contributed by atoms with Crippen molar-refractivity contribution in [1.82, 2.24) is 29.8 Å². The van der Waals surface area contributed by atoms with Crippen molar-refractivity contribution >= 4 is 5.91 Å². The van der Waals surface area contributed by atoms with E-state index in [2.05, 4.69) is 24.9 Å². The molecule has 11 heteroatoms. The number of carbonyl (C=O) groups excluding carboxylic acids is 1. The normalized spacial score (nSPS) is 21.6. The fraction of sp³-hybridized carbons (Fsp3) is 0.391. The summed E-state index contributed by atoms with van der Waals surface area (Å²) in [6, 6.07) is 4.84. The number of carbonyl (C=O) groups is 1. The average Bonchev–Trinajstić information content (AvgIpc) is 3.60. The maximum Gasteiger partial charge on any atom is 0.419 e. The molecule has 176 valence electrons. The Hall–Kier alpha value is -3.63. The number of fused-ring (bicyclic) bond motifs is 1. The number of hydrogen-bond acceptors (Lipinski definition) is 7. The van der Waals surface area contributed by atoms with Crippen molar-refractivity contribution < 1.29 is 22.7 Å². The Labute approximate surface area is 193 Å². The van der Waals surface area contributed by atoms with E-state index in [1.54, 1.807) is 35.5 Å². The van der Waals surface area contributed by atoms with E-state index in [1.165, 1.54) is 0 Å². The van der Waals surface area contributed by atoms with Crippen LogP contribution in [0, 0.1) is 18.8 Å². The van der Waals surface area contributed by atoms with Crippen LogP contribution in [0.4, 0.5) is 13.2 Å². The minimum atomic E-state index is -4.52. The minimum absolute atomic E-state index is 0.0727. The number of nitrogens with zero attached hydrogens (tertiary/aromatic N) is 6. The lowest BCUT2D eigenvalue weighted by atomic mass is 10.0. The zero-order valence-corrected chi connectivity index (χ0v) is 18.2. The molecule has 1 saturated heterocycles. The third kappa shape index (κ3) is 4.55. The van der Waals surface area contributed by atoms with Crippen LogP contribution in [0.1, 0.15) is 34.6 Å². The lowest BCUT2D eigenvalue weighted by Gasteiger charge is -2.35. The van der Waals surface area contributed by atoms with Gasteiger partial charge in [-0.15, -0.1) is 0 Å². The molecule has 3 aromatic rings. The van der Waals surface area contributed by atoms with Crippen molar-refractivity contribution in [2.45, 2.75) is 32.0 Å². The van der Waals surface area contributed by atoms with Crippen molar-refractivity contribution in [3.8, 4) is 17.4 Å². The number of alkyl halides is 3. The summed E-state index contributed by atoms with van der Waals surface area (Å²) in [7, 11) is 0. The van der Waals surface area contributed by atoms with Gasteiger partial charge in [-0.1, -0.05) is 0 Å². The molecule has 4 heterocycles. The van der Waals surface area contributed by atoms with Crippen LogP contribution in [-0.4, -0.2) is 54.9 Å². The van der Waals surface area contributed by atoms with Gasteiger partial charge in [-0.2, -0.15) is 13.2 Å². The standard InChI is InChI=1S/C23H21F3N6O2/c1-13-3-4-18(20-27-5-2-6-28-20)19(31-13)21(33)32-11-15-7-14(15)8-17(32)12-34-22-29-9-16(10-30-22)23(24,25)26/h2-6,9-10,14-15,17H,7-8,11-12H2,1H3.